The molecule has 168 valence electrons. The van der Waals surface area contributed by atoms with Crippen molar-refractivity contribution in [1.29, 1.82) is 0 Å². The first-order valence-electron chi connectivity index (χ1n) is 9.71. The standard InChI is InChI=1S/C22H23ClF3NO4/c1-30-15-4-5-16(19(12-15)31-2)20(27-9-7-13(8-10-27)21(28)29)17-11-14(22(24,25)26)3-6-18(17)23/h3-6,11-13,20H,7-10H2,1-2H3,(H,28,29). The van der Waals surface area contributed by atoms with Crippen LogP contribution in [0.25, 0.3) is 0 Å². The van der Waals surface area contributed by atoms with Crippen LogP contribution in [-0.2, 0) is 11.0 Å². The molecule has 1 unspecified atom stereocenters. The zero-order valence-electron chi connectivity index (χ0n) is 17.1. The first kappa shape index (κ1) is 23.2. The highest BCUT2D eigenvalue weighted by Crippen LogP contribution is 2.43. The van der Waals surface area contributed by atoms with Crippen molar-refractivity contribution in [3.05, 3.63) is 58.1 Å². The predicted molar refractivity (Wildman–Crippen MR) is 110 cm³/mol. The van der Waals surface area contributed by atoms with Gasteiger partial charge in [0.15, 0.2) is 0 Å². The Hall–Kier alpha value is -2.45. The van der Waals surface area contributed by atoms with Gasteiger partial charge in [-0.15, -0.1) is 0 Å². The number of nitrogens with zero attached hydrogens (tertiary/aromatic N) is 1. The average Bonchev–Trinajstić information content (AvgIpc) is 2.74. The normalized spacial score (nSPS) is 16.7. The zero-order valence-corrected chi connectivity index (χ0v) is 17.8. The van der Waals surface area contributed by atoms with Crippen molar-refractivity contribution in [2.24, 2.45) is 5.92 Å². The van der Waals surface area contributed by atoms with Crippen molar-refractivity contribution >= 4 is 17.6 Å². The van der Waals surface area contributed by atoms with Crippen molar-refractivity contribution in [2.75, 3.05) is 27.3 Å². The topological polar surface area (TPSA) is 59.0 Å². The van der Waals surface area contributed by atoms with Crippen molar-refractivity contribution in [1.82, 2.24) is 4.90 Å². The van der Waals surface area contributed by atoms with Crippen molar-refractivity contribution in [3.63, 3.8) is 0 Å². The number of rotatable bonds is 6. The SMILES string of the molecule is COc1ccc(C(c2cc(C(F)(F)F)ccc2Cl)N2CCC(C(=O)O)CC2)c(OC)c1. The minimum atomic E-state index is -4.52. The van der Waals surface area contributed by atoms with E-state index in [1.54, 1.807) is 18.2 Å². The number of alkyl halides is 3. The molecule has 0 amide bonds. The Morgan fingerprint density at radius 1 is 1.10 bits per heavy atom. The molecule has 1 heterocycles. The van der Waals surface area contributed by atoms with Crippen LogP contribution >= 0.6 is 11.6 Å². The van der Waals surface area contributed by atoms with E-state index in [1.807, 2.05) is 4.90 Å². The smallest absolute Gasteiger partial charge is 0.416 e. The minimum absolute atomic E-state index is 0.191. The highest BCUT2D eigenvalue weighted by molar-refractivity contribution is 6.31. The molecule has 31 heavy (non-hydrogen) atoms. The lowest BCUT2D eigenvalue weighted by molar-refractivity contribution is -0.143. The quantitative estimate of drug-likeness (QED) is 0.641. The molecule has 2 aromatic carbocycles. The number of carboxylic acid groups (broad SMARTS) is 1. The molecule has 5 nitrogen and oxygen atoms in total. The fraction of sp³-hybridized carbons (Fsp3) is 0.409. The van der Waals surface area contributed by atoms with Gasteiger partial charge >= 0.3 is 12.1 Å². The molecule has 3 rings (SSSR count). The summed E-state index contributed by atoms with van der Waals surface area (Å²) in [7, 11) is 2.98. The molecule has 1 fully saturated rings. The first-order chi connectivity index (χ1) is 14.7. The number of benzene rings is 2. The second-order valence-corrected chi connectivity index (χ2v) is 7.80. The molecule has 1 aliphatic heterocycles. The van der Waals surface area contributed by atoms with Gasteiger partial charge in [0.05, 0.1) is 31.7 Å². The number of ether oxygens (including phenoxy) is 2. The summed E-state index contributed by atoms with van der Waals surface area (Å²) in [5.74, 6) is -0.362. The van der Waals surface area contributed by atoms with Gasteiger partial charge in [0.1, 0.15) is 11.5 Å². The Balaban J connectivity index is 2.12. The van der Waals surface area contributed by atoms with Gasteiger partial charge < -0.3 is 14.6 Å². The summed E-state index contributed by atoms with van der Waals surface area (Å²) in [4.78, 5) is 13.3. The number of hydrogen-bond acceptors (Lipinski definition) is 4. The van der Waals surface area contributed by atoms with Gasteiger partial charge in [-0.3, -0.25) is 9.69 Å². The van der Waals surface area contributed by atoms with Gasteiger partial charge in [-0.25, -0.2) is 0 Å². The number of hydrogen-bond donors (Lipinski definition) is 1. The summed E-state index contributed by atoms with van der Waals surface area (Å²) in [6.45, 7) is 0.785. The van der Waals surface area contributed by atoms with E-state index in [0.717, 1.165) is 12.1 Å². The Morgan fingerprint density at radius 3 is 2.32 bits per heavy atom. The van der Waals surface area contributed by atoms with Crippen LogP contribution < -0.4 is 9.47 Å². The van der Waals surface area contributed by atoms with Crippen LogP contribution in [0.4, 0.5) is 13.2 Å². The number of carbonyl (C=O) groups is 1. The molecule has 1 aliphatic rings. The number of likely N-dealkylation sites (tertiary alicyclic amines) is 1. The maximum absolute atomic E-state index is 13.4. The van der Waals surface area contributed by atoms with Crippen LogP contribution in [0.1, 0.15) is 35.6 Å². The monoisotopic (exact) mass is 457 g/mol. The second kappa shape index (κ2) is 9.36. The molecule has 0 aromatic heterocycles. The molecular formula is C22H23ClF3NO4. The molecule has 0 saturated carbocycles. The van der Waals surface area contributed by atoms with Gasteiger partial charge in [0.25, 0.3) is 0 Å². The first-order valence-corrected chi connectivity index (χ1v) is 10.1. The fourth-order valence-electron chi connectivity index (χ4n) is 3.94. The molecule has 1 atom stereocenters. The predicted octanol–water partition coefficient (Wildman–Crippen LogP) is 5.26. The zero-order chi connectivity index (χ0) is 22.8. The minimum Gasteiger partial charge on any atom is -0.497 e. The van der Waals surface area contributed by atoms with Crippen LogP contribution in [0.15, 0.2) is 36.4 Å². The molecule has 0 bridgehead atoms. The van der Waals surface area contributed by atoms with Crippen LogP contribution in [0, 0.1) is 5.92 Å². The maximum atomic E-state index is 13.4. The molecule has 9 heteroatoms. The molecule has 1 N–H and O–H groups in total. The highest BCUT2D eigenvalue weighted by Gasteiger charge is 2.36. The van der Waals surface area contributed by atoms with E-state index in [4.69, 9.17) is 21.1 Å². The molecule has 1 saturated heterocycles. The Morgan fingerprint density at radius 2 is 1.77 bits per heavy atom. The fourth-order valence-corrected chi connectivity index (χ4v) is 4.16. The van der Waals surface area contributed by atoms with Crippen molar-refractivity contribution < 1.29 is 32.5 Å². The third-order valence-electron chi connectivity index (χ3n) is 5.60. The molecule has 0 aliphatic carbocycles. The molecule has 0 radical (unpaired) electrons. The highest BCUT2D eigenvalue weighted by atomic mass is 35.5. The summed E-state index contributed by atoms with van der Waals surface area (Å²) < 4.78 is 51.0. The van der Waals surface area contributed by atoms with Gasteiger partial charge in [0, 0.05) is 16.7 Å². The van der Waals surface area contributed by atoms with Crippen LogP contribution in [0.2, 0.25) is 5.02 Å². The van der Waals surface area contributed by atoms with Gasteiger partial charge in [-0.05, 0) is 61.8 Å². The Kier molecular flexibility index (Phi) is 7.01. The average molecular weight is 458 g/mol. The summed E-state index contributed by atoms with van der Waals surface area (Å²) in [6.07, 6.45) is -3.74. The number of aliphatic carboxylic acids is 1. The largest absolute Gasteiger partial charge is 0.497 e. The van der Waals surface area contributed by atoms with Gasteiger partial charge in [0.2, 0.25) is 0 Å². The number of piperidine rings is 1. The third kappa shape index (κ3) is 5.07. The molecular weight excluding hydrogens is 435 g/mol. The summed E-state index contributed by atoms with van der Waals surface area (Å²) >= 11 is 6.39. The van der Waals surface area contributed by atoms with Gasteiger partial charge in [-0.2, -0.15) is 13.2 Å². The Bertz CT molecular complexity index is 943. The van der Waals surface area contributed by atoms with E-state index in [9.17, 15) is 23.1 Å². The Labute approximate surface area is 183 Å². The number of halogens is 4. The van der Waals surface area contributed by atoms with Crippen molar-refractivity contribution in [2.45, 2.75) is 25.1 Å². The molecule has 2 aromatic rings. The lowest BCUT2D eigenvalue weighted by Crippen LogP contribution is -2.39. The van der Waals surface area contributed by atoms with Crippen molar-refractivity contribution in [3.8, 4) is 11.5 Å². The molecule has 0 spiro atoms. The maximum Gasteiger partial charge on any atom is 0.416 e. The van der Waals surface area contributed by atoms with E-state index in [1.165, 1.54) is 20.3 Å². The summed E-state index contributed by atoms with van der Waals surface area (Å²) in [6, 6.07) is 7.70. The summed E-state index contributed by atoms with van der Waals surface area (Å²) in [5.41, 5.74) is 0.108. The van der Waals surface area contributed by atoms with Crippen LogP contribution in [-0.4, -0.2) is 43.3 Å². The third-order valence-corrected chi connectivity index (χ3v) is 5.94. The van der Waals surface area contributed by atoms with E-state index < -0.39 is 29.7 Å². The lowest BCUT2D eigenvalue weighted by Gasteiger charge is -2.38. The number of carboxylic acids is 1. The van der Waals surface area contributed by atoms with Crippen LogP contribution in [0.3, 0.4) is 0 Å². The van der Waals surface area contributed by atoms with E-state index in [0.29, 0.717) is 43.0 Å². The lowest BCUT2D eigenvalue weighted by atomic mass is 9.90. The van der Waals surface area contributed by atoms with E-state index in [-0.39, 0.29) is 10.6 Å². The summed E-state index contributed by atoms with van der Waals surface area (Å²) in [5, 5.41) is 9.50. The van der Waals surface area contributed by atoms with E-state index in [2.05, 4.69) is 0 Å². The van der Waals surface area contributed by atoms with Crippen LogP contribution in [0.5, 0.6) is 11.5 Å². The van der Waals surface area contributed by atoms with E-state index >= 15 is 0 Å². The van der Waals surface area contributed by atoms with Gasteiger partial charge in [-0.1, -0.05) is 11.6 Å². The number of methoxy groups -OCH3 is 2. The second-order valence-electron chi connectivity index (χ2n) is 7.39.